The van der Waals surface area contributed by atoms with E-state index in [2.05, 4.69) is 12.2 Å². The zero-order valence-corrected chi connectivity index (χ0v) is 13.4. The van der Waals surface area contributed by atoms with E-state index in [4.69, 9.17) is 4.74 Å². The van der Waals surface area contributed by atoms with Gasteiger partial charge in [-0.25, -0.2) is 0 Å². The summed E-state index contributed by atoms with van der Waals surface area (Å²) in [6, 6.07) is 17.7. The number of carbonyl (C=O) groups excluding carboxylic acids is 1. The van der Waals surface area contributed by atoms with Gasteiger partial charge in [0.1, 0.15) is 5.75 Å². The predicted octanol–water partition coefficient (Wildman–Crippen LogP) is 3.89. The summed E-state index contributed by atoms with van der Waals surface area (Å²) in [5.74, 6) is 0.669. The van der Waals surface area contributed by atoms with Gasteiger partial charge in [0, 0.05) is 0 Å². The van der Waals surface area contributed by atoms with Crippen LogP contribution in [0, 0.1) is 0 Å². The number of para-hydroxylation sites is 1. The van der Waals surface area contributed by atoms with Gasteiger partial charge < -0.3 is 10.1 Å². The van der Waals surface area contributed by atoms with Gasteiger partial charge in [-0.05, 0) is 37.5 Å². The minimum absolute atomic E-state index is 0.0406. The molecule has 3 nitrogen and oxygen atoms in total. The van der Waals surface area contributed by atoms with Gasteiger partial charge >= 0.3 is 0 Å². The third-order valence-electron chi connectivity index (χ3n) is 3.68. The molecule has 0 aliphatic heterocycles. The lowest BCUT2D eigenvalue weighted by molar-refractivity contribution is -0.127. The number of amides is 1. The number of rotatable bonds is 6. The number of hydrogen-bond donors (Lipinski definition) is 1. The van der Waals surface area contributed by atoms with Crippen molar-refractivity contribution in [1.29, 1.82) is 0 Å². The molecule has 0 fully saturated rings. The molecule has 0 radical (unpaired) electrons. The topological polar surface area (TPSA) is 38.3 Å². The highest BCUT2D eigenvalue weighted by Gasteiger charge is 2.18. The number of hydrogen-bond acceptors (Lipinski definition) is 2. The van der Waals surface area contributed by atoms with E-state index in [0.717, 1.165) is 23.3 Å². The largest absolute Gasteiger partial charge is 0.481 e. The third-order valence-corrected chi connectivity index (χ3v) is 3.68. The molecule has 2 aromatic carbocycles. The Labute approximate surface area is 132 Å². The first-order chi connectivity index (χ1) is 10.6. The van der Waals surface area contributed by atoms with Gasteiger partial charge in [-0.3, -0.25) is 4.79 Å². The van der Waals surface area contributed by atoms with Crippen LogP contribution in [0.5, 0.6) is 5.75 Å². The van der Waals surface area contributed by atoms with Crippen molar-refractivity contribution in [2.45, 2.75) is 39.3 Å². The molecule has 0 aliphatic rings. The van der Waals surface area contributed by atoms with Crippen molar-refractivity contribution in [2.75, 3.05) is 0 Å². The Hall–Kier alpha value is -2.29. The van der Waals surface area contributed by atoms with Gasteiger partial charge in [-0.1, -0.05) is 55.5 Å². The third kappa shape index (κ3) is 4.10. The van der Waals surface area contributed by atoms with Crippen LogP contribution in [-0.4, -0.2) is 12.0 Å². The lowest BCUT2D eigenvalue weighted by Gasteiger charge is -2.20. The fraction of sp³-hybridized carbons (Fsp3) is 0.316. The summed E-state index contributed by atoms with van der Waals surface area (Å²) in [5.41, 5.74) is 2.19. The van der Waals surface area contributed by atoms with Crippen LogP contribution in [0.3, 0.4) is 0 Å². The maximum Gasteiger partial charge on any atom is 0.261 e. The molecule has 3 heteroatoms. The van der Waals surface area contributed by atoms with Gasteiger partial charge in [-0.15, -0.1) is 0 Å². The Morgan fingerprint density at radius 1 is 1.05 bits per heavy atom. The Bertz CT molecular complexity index is 610. The average molecular weight is 297 g/mol. The van der Waals surface area contributed by atoms with E-state index in [-0.39, 0.29) is 11.9 Å². The van der Waals surface area contributed by atoms with E-state index >= 15 is 0 Å². The molecule has 22 heavy (non-hydrogen) atoms. The van der Waals surface area contributed by atoms with Crippen molar-refractivity contribution < 1.29 is 9.53 Å². The van der Waals surface area contributed by atoms with E-state index in [1.165, 1.54) is 0 Å². The van der Waals surface area contributed by atoms with Crippen molar-refractivity contribution in [2.24, 2.45) is 0 Å². The highest BCUT2D eigenvalue weighted by molar-refractivity contribution is 5.81. The van der Waals surface area contributed by atoms with E-state index < -0.39 is 6.10 Å². The fourth-order valence-electron chi connectivity index (χ4n) is 2.31. The summed E-state index contributed by atoms with van der Waals surface area (Å²) in [4.78, 5) is 12.3. The smallest absolute Gasteiger partial charge is 0.261 e. The Morgan fingerprint density at radius 3 is 2.36 bits per heavy atom. The number of ether oxygens (including phenoxy) is 1. The molecule has 116 valence electrons. The van der Waals surface area contributed by atoms with Crippen LogP contribution < -0.4 is 10.1 Å². The molecule has 1 amide bonds. The number of carbonyl (C=O) groups is 1. The van der Waals surface area contributed by atoms with Crippen LogP contribution in [0.4, 0.5) is 0 Å². The minimum atomic E-state index is -0.529. The highest BCUT2D eigenvalue weighted by atomic mass is 16.5. The van der Waals surface area contributed by atoms with Crippen molar-refractivity contribution in [3.05, 3.63) is 65.7 Å². The standard InChI is InChI=1S/C19H23NO2/c1-4-16-10-8-9-13-18(16)22-15(3)19(21)20-14(2)17-11-6-5-7-12-17/h5-15H,4H2,1-3H3,(H,20,21)/t14-,15+/m1/s1. The second kappa shape index (κ2) is 7.64. The van der Waals surface area contributed by atoms with Crippen molar-refractivity contribution >= 4 is 5.91 Å². The van der Waals surface area contributed by atoms with Crippen LogP contribution >= 0.6 is 0 Å². The maximum absolute atomic E-state index is 12.3. The van der Waals surface area contributed by atoms with Gasteiger partial charge in [0.2, 0.25) is 0 Å². The molecule has 0 aromatic heterocycles. The SMILES string of the molecule is CCc1ccccc1O[C@@H](C)C(=O)N[C@H](C)c1ccccc1. The van der Waals surface area contributed by atoms with Crippen LogP contribution in [0.2, 0.25) is 0 Å². The van der Waals surface area contributed by atoms with Crippen molar-refractivity contribution in [3.63, 3.8) is 0 Å². The molecule has 0 heterocycles. The van der Waals surface area contributed by atoms with Crippen LogP contribution in [-0.2, 0) is 11.2 Å². The van der Waals surface area contributed by atoms with Gasteiger partial charge in [0.05, 0.1) is 6.04 Å². The molecule has 0 unspecified atom stereocenters. The van der Waals surface area contributed by atoms with Crippen LogP contribution in [0.15, 0.2) is 54.6 Å². The first kappa shape index (κ1) is 16.1. The molecule has 2 atom stereocenters. The van der Waals surface area contributed by atoms with Crippen LogP contribution in [0.1, 0.15) is 37.9 Å². The fourth-order valence-corrected chi connectivity index (χ4v) is 2.31. The lowest BCUT2D eigenvalue weighted by atomic mass is 10.1. The molecular weight excluding hydrogens is 274 g/mol. The first-order valence-electron chi connectivity index (χ1n) is 7.71. The van der Waals surface area contributed by atoms with Gasteiger partial charge in [0.15, 0.2) is 6.10 Å². The second-order valence-electron chi connectivity index (χ2n) is 5.36. The molecule has 0 saturated carbocycles. The summed E-state index contributed by atoms with van der Waals surface area (Å²) < 4.78 is 5.82. The maximum atomic E-state index is 12.3. The Morgan fingerprint density at radius 2 is 1.68 bits per heavy atom. The number of benzene rings is 2. The number of nitrogens with one attached hydrogen (secondary N) is 1. The monoisotopic (exact) mass is 297 g/mol. The minimum Gasteiger partial charge on any atom is -0.481 e. The van der Waals surface area contributed by atoms with Gasteiger partial charge in [0.25, 0.3) is 5.91 Å². The molecule has 2 aromatic rings. The summed E-state index contributed by atoms with van der Waals surface area (Å²) in [6.45, 7) is 5.82. The quantitative estimate of drug-likeness (QED) is 0.878. The van der Waals surface area contributed by atoms with E-state index in [1.807, 2.05) is 61.5 Å². The normalized spacial score (nSPS) is 13.2. The molecule has 0 saturated heterocycles. The lowest BCUT2D eigenvalue weighted by Crippen LogP contribution is -2.37. The summed E-state index contributed by atoms with van der Waals surface area (Å²) in [6.07, 6.45) is 0.351. The van der Waals surface area contributed by atoms with Crippen molar-refractivity contribution in [3.8, 4) is 5.75 Å². The molecular formula is C19H23NO2. The van der Waals surface area contributed by atoms with Gasteiger partial charge in [-0.2, -0.15) is 0 Å². The first-order valence-corrected chi connectivity index (χ1v) is 7.71. The molecule has 0 bridgehead atoms. The highest BCUT2D eigenvalue weighted by Crippen LogP contribution is 2.20. The summed E-state index contributed by atoms with van der Waals surface area (Å²) >= 11 is 0. The average Bonchev–Trinajstić information content (AvgIpc) is 2.56. The predicted molar refractivity (Wildman–Crippen MR) is 88.9 cm³/mol. The molecule has 1 N–H and O–H groups in total. The molecule has 2 rings (SSSR count). The zero-order valence-electron chi connectivity index (χ0n) is 13.4. The second-order valence-corrected chi connectivity index (χ2v) is 5.36. The number of aryl methyl sites for hydroxylation is 1. The molecule has 0 aliphatic carbocycles. The summed E-state index contributed by atoms with van der Waals surface area (Å²) in [5, 5.41) is 2.99. The van der Waals surface area contributed by atoms with E-state index in [1.54, 1.807) is 6.92 Å². The zero-order chi connectivity index (χ0) is 15.9. The Balaban J connectivity index is 1.97. The van der Waals surface area contributed by atoms with Crippen molar-refractivity contribution in [1.82, 2.24) is 5.32 Å². The molecule has 0 spiro atoms. The van der Waals surface area contributed by atoms with E-state index in [0.29, 0.717) is 0 Å². The van der Waals surface area contributed by atoms with E-state index in [9.17, 15) is 4.79 Å². The van der Waals surface area contributed by atoms with Crippen LogP contribution in [0.25, 0.3) is 0 Å². The Kier molecular flexibility index (Phi) is 5.59. The summed E-state index contributed by atoms with van der Waals surface area (Å²) in [7, 11) is 0.